The quantitative estimate of drug-likeness (QED) is 0.875. The Hall–Kier alpha value is -1.24. The van der Waals surface area contributed by atoms with E-state index in [9.17, 15) is 4.79 Å². The van der Waals surface area contributed by atoms with Gasteiger partial charge in [-0.1, -0.05) is 35.0 Å². The van der Waals surface area contributed by atoms with Gasteiger partial charge in [0, 0.05) is 12.1 Å². The summed E-state index contributed by atoms with van der Waals surface area (Å²) in [6, 6.07) is 4.92. The van der Waals surface area contributed by atoms with Crippen molar-refractivity contribution in [3.05, 3.63) is 34.1 Å². The highest BCUT2D eigenvalue weighted by atomic mass is 35.5. The Morgan fingerprint density at radius 2 is 2.15 bits per heavy atom. The summed E-state index contributed by atoms with van der Waals surface area (Å²) in [5, 5.41) is 12.3. The van der Waals surface area contributed by atoms with E-state index in [1.165, 1.54) is 11.8 Å². The van der Waals surface area contributed by atoms with Crippen molar-refractivity contribution in [2.75, 3.05) is 11.1 Å². The van der Waals surface area contributed by atoms with Gasteiger partial charge in [0.2, 0.25) is 5.91 Å². The van der Waals surface area contributed by atoms with Crippen LogP contribution in [0.4, 0.5) is 5.69 Å². The van der Waals surface area contributed by atoms with Gasteiger partial charge in [0.15, 0.2) is 5.16 Å². The van der Waals surface area contributed by atoms with Crippen LogP contribution in [0.1, 0.15) is 5.82 Å². The van der Waals surface area contributed by atoms with Crippen LogP contribution in [0.25, 0.3) is 0 Å². The molecule has 0 saturated carbocycles. The van der Waals surface area contributed by atoms with Gasteiger partial charge in [-0.3, -0.25) is 4.79 Å². The number of anilines is 1. The molecule has 2 rings (SSSR count). The molecule has 0 aliphatic rings. The molecule has 106 valence electrons. The molecular formula is C12H12Cl2N4OS. The van der Waals surface area contributed by atoms with Crippen LogP contribution >= 0.6 is 35.0 Å². The third-order valence-electron chi connectivity index (χ3n) is 2.59. The summed E-state index contributed by atoms with van der Waals surface area (Å²) < 4.78 is 1.83. The van der Waals surface area contributed by atoms with E-state index in [-0.39, 0.29) is 11.7 Å². The molecule has 0 unspecified atom stereocenters. The van der Waals surface area contributed by atoms with Crippen molar-refractivity contribution < 1.29 is 4.79 Å². The summed E-state index contributed by atoms with van der Waals surface area (Å²) in [6.45, 7) is 1.85. The lowest BCUT2D eigenvalue weighted by atomic mass is 10.3. The lowest BCUT2D eigenvalue weighted by Gasteiger charge is -2.07. The Labute approximate surface area is 130 Å². The first kappa shape index (κ1) is 15.2. The molecule has 1 heterocycles. The molecule has 1 N–H and O–H groups in total. The zero-order chi connectivity index (χ0) is 14.7. The van der Waals surface area contributed by atoms with Gasteiger partial charge >= 0.3 is 0 Å². The number of aromatic nitrogens is 3. The molecule has 0 atom stereocenters. The minimum atomic E-state index is -0.167. The van der Waals surface area contributed by atoms with Crippen molar-refractivity contribution in [3.63, 3.8) is 0 Å². The molecule has 2 aromatic rings. The van der Waals surface area contributed by atoms with Gasteiger partial charge in [-0.05, 0) is 25.1 Å². The van der Waals surface area contributed by atoms with E-state index in [2.05, 4.69) is 15.5 Å². The number of benzene rings is 1. The van der Waals surface area contributed by atoms with E-state index in [1.54, 1.807) is 18.2 Å². The average molecular weight is 331 g/mol. The van der Waals surface area contributed by atoms with E-state index in [1.807, 2.05) is 18.5 Å². The van der Waals surface area contributed by atoms with Gasteiger partial charge in [0.05, 0.1) is 16.5 Å². The summed E-state index contributed by atoms with van der Waals surface area (Å²) in [5.74, 6) is 0.860. The predicted molar refractivity (Wildman–Crippen MR) is 81.6 cm³/mol. The standard InChI is InChI=1S/C12H12Cl2N4OS/c1-7-16-17-12(18(7)2)20-6-11(19)15-10-4-3-8(13)5-9(10)14/h3-5H,6H2,1-2H3,(H,15,19). The van der Waals surface area contributed by atoms with Gasteiger partial charge in [0.25, 0.3) is 0 Å². The number of halogens is 2. The van der Waals surface area contributed by atoms with Crippen molar-refractivity contribution in [1.29, 1.82) is 0 Å². The summed E-state index contributed by atoms with van der Waals surface area (Å²) >= 11 is 13.1. The first-order chi connectivity index (χ1) is 9.47. The van der Waals surface area contributed by atoms with Crippen molar-refractivity contribution >= 4 is 46.6 Å². The minimum Gasteiger partial charge on any atom is -0.324 e. The van der Waals surface area contributed by atoms with Crippen molar-refractivity contribution in [2.45, 2.75) is 12.1 Å². The summed E-state index contributed by atoms with van der Waals surface area (Å²) in [6.07, 6.45) is 0. The van der Waals surface area contributed by atoms with E-state index in [0.717, 1.165) is 5.82 Å². The second-order valence-electron chi connectivity index (χ2n) is 4.05. The van der Waals surface area contributed by atoms with E-state index < -0.39 is 0 Å². The first-order valence-corrected chi connectivity index (χ1v) is 7.45. The topological polar surface area (TPSA) is 59.8 Å². The molecule has 5 nitrogen and oxygen atoms in total. The Morgan fingerprint density at radius 3 is 2.75 bits per heavy atom. The predicted octanol–water partition coefficient (Wildman–Crippen LogP) is 3.16. The van der Waals surface area contributed by atoms with Crippen LogP contribution < -0.4 is 5.32 Å². The lowest BCUT2D eigenvalue weighted by molar-refractivity contribution is -0.113. The normalized spacial score (nSPS) is 10.6. The van der Waals surface area contributed by atoms with Gasteiger partial charge in [-0.25, -0.2) is 0 Å². The van der Waals surface area contributed by atoms with Crippen molar-refractivity contribution in [1.82, 2.24) is 14.8 Å². The third kappa shape index (κ3) is 3.65. The molecule has 0 saturated heterocycles. The summed E-state index contributed by atoms with van der Waals surface area (Å²) in [4.78, 5) is 11.9. The van der Waals surface area contributed by atoms with Crippen LogP contribution in [0, 0.1) is 6.92 Å². The van der Waals surface area contributed by atoms with Crippen LogP contribution in [0.5, 0.6) is 0 Å². The lowest BCUT2D eigenvalue weighted by Crippen LogP contribution is -2.14. The number of hydrogen-bond donors (Lipinski definition) is 1. The molecule has 8 heteroatoms. The fraction of sp³-hybridized carbons (Fsp3) is 0.250. The Kier molecular flexibility index (Phi) is 4.91. The van der Waals surface area contributed by atoms with Gasteiger partial charge in [0.1, 0.15) is 5.82 Å². The fourth-order valence-corrected chi connectivity index (χ4v) is 2.63. The highest BCUT2D eigenvalue weighted by Crippen LogP contribution is 2.25. The number of hydrogen-bond acceptors (Lipinski definition) is 4. The zero-order valence-corrected chi connectivity index (χ0v) is 13.2. The molecule has 0 aliphatic heterocycles. The van der Waals surface area contributed by atoms with E-state index >= 15 is 0 Å². The first-order valence-electron chi connectivity index (χ1n) is 5.71. The summed E-state index contributed by atoms with van der Waals surface area (Å²) in [5.41, 5.74) is 0.538. The average Bonchev–Trinajstić information content (AvgIpc) is 2.71. The SMILES string of the molecule is Cc1nnc(SCC(=O)Nc2ccc(Cl)cc2Cl)n1C. The van der Waals surface area contributed by atoms with Gasteiger partial charge in [-0.15, -0.1) is 10.2 Å². The maximum atomic E-state index is 11.9. The van der Waals surface area contributed by atoms with Crippen LogP contribution in [0.2, 0.25) is 10.0 Å². The number of rotatable bonds is 4. The molecule has 0 radical (unpaired) electrons. The van der Waals surface area contributed by atoms with Crippen LogP contribution in [0.15, 0.2) is 23.4 Å². The van der Waals surface area contributed by atoms with Crippen molar-refractivity contribution in [3.8, 4) is 0 Å². The van der Waals surface area contributed by atoms with Crippen molar-refractivity contribution in [2.24, 2.45) is 7.05 Å². The second kappa shape index (κ2) is 6.47. The van der Waals surface area contributed by atoms with E-state index in [0.29, 0.717) is 20.9 Å². The number of nitrogens with one attached hydrogen (secondary N) is 1. The Balaban J connectivity index is 1.94. The molecule has 0 fully saturated rings. The third-order valence-corrected chi connectivity index (χ3v) is 4.16. The monoisotopic (exact) mass is 330 g/mol. The Bertz CT molecular complexity index is 644. The molecule has 20 heavy (non-hydrogen) atoms. The highest BCUT2D eigenvalue weighted by Gasteiger charge is 2.10. The fourth-order valence-electron chi connectivity index (χ4n) is 1.42. The zero-order valence-electron chi connectivity index (χ0n) is 10.9. The van der Waals surface area contributed by atoms with E-state index in [4.69, 9.17) is 23.2 Å². The maximum absolute atomic E-state index is 11.9. The molecule has 1 aromatic heterocycles. The van der Waals surface area contributed by atoms with Gasteiger partial charge < -0.3 is 9.88 Å². The van der Waals surface area contributed by atoms with Crippen LogP contribution in [-0.4, -0.2) is 26.4 Å². The number of amides is 1. The minimum absolute atomic E-state index is 0.167. The molecule has 0 bridgehead atoms. The number of aryl methyl sites for hydroxylation is 1. The highest BCUT2D eigenvalue weighted by molar-refractivity contribution is 7.99. The van der Waals surface area contributed by atoms with Crippen LogP contribution in [0.3, 0.4) is 0 Å². The molecule has 0 spiro atoms. The van der Waals surface area contributed by atoms with Gasteiger partial charge in [-0.2, -0.15) is 0 Å². The number of nitrogens with zero attached hydrogens (tertiary/aromatic N) is 3. The number of thioether (sulfide) groups is 1. The largest absolute Gasteiger partial charge is 0.324 e. The maximum Gasteiger partial charge on any atom is 0.234 e. The Morgan fingerprint density at radius 1 is 1.40 bits per heavy atom. The van der Waals surface area contributed by atoms with Crippen LogP contribution in [-0.2, 0) is 11.8 Å². The number of carbonyl (C=O) groups excluding carboxylic acids is 1. The molecule has 1 amide bonds. The summed E-state index contributed by atoms with van der Waals surface area (Å²) in [7, 11) is 1.85. The second-order valence-corrected chi connectivity index (χ2v) is 5.84. The smallest absolute Gasteiger partial charge is 0.234 e. The molecule has 0 aliphatic carbocycles. The number of carbonyl (C=O) groups is 1. The molecule has 1 aromatic carbocycles. The molecular weight excluding hydrogens is 319 g/mol.